The van der Waals surface area contributed by atoms with Crippen LogP contribution in [0.4, 0.5) is 4.39 Å². The number of rotatable bonds is 6. The molecule has 0 radical (unpaired) electrons. The van der Waals surface area contributed by atoms with Crippen LogP contribution in [0.15, 0.2) is 48.4 Å². The van der Waals surface area contributed by atoms with Gasteiger partial charge >= 0.3 is 0 Å². The van der Waals surface area contributed by atoms with Crippen molar-refractivity contribution in [2.75, 3.05) is 13.1 Å². The van der Waals surface area contributed by atoms with E-state index in [1.807, 2.05) is 6.08 Å². The molecule has 1 saturated heterocycles. The fraction of sp³-hybridized carbons (Fsp3) is 0.391. The van der Waals surface area contributed by atoms with Crippen LogP contribution in [-0.4, -0.2) is 44.1 Å². The molecule has 0 spiro atoms. The van der Waals surface area contributed by atoms with Crippen molar-refractivity contribution in [3.05, 3.63) is 65.5 Å². The van der Waals surface area contributed by atoms with Gasteiger partial charge in [0.1, 0.15) is 5.82 Å². The minimum absolute atomic E-state index is 0.0121. The van der Waals surface area contributed by atoms with Crippen LogP contribution in [0.1, 0.15) is 43.5 Å². The van der Waals surface area contributed by atoms with Crippen LogP contribution in [0.3, 0.4) is 0 Å². The van der Waals surface area contributed by atoms with E-state index in [1.165, 1.54) is 17.8 Å². The molecule has 156 valence electrons. The van der Waals surface area contributed by atoms with E-state index in [2.05, 4.69) is 14.9 Å². The predicted molar refractivity (Wildman–Crippen MR) is 115 cm³/mol. The van der Waals surface area contributed by atoms with Crippen LogP contribution >= 0.6 is 11.8 Å². The first kappa shape index (κ1) is 20.9. The highest BCUT2D eigenvalue weighted by molar-refractivity contribution is 8.14. The summed E-state index contributed by atoms with van der Waals surface area (Å²) in [6.07, 6.45) is 9.31. The van der Waals surface area contributed by atoms with Gasteiger partial charge in [0.15, 0.2) is 10.9 Å². The molecule has 0 amide bonds. The van der Waals surface area contributed by atoms with Crippen LogP contribution in [0.2, 0.25) is 0 Å². The van der Waals surface area contributed by atoms with Gasteiger partial charge in [-0.15, -0.1) is 0 Å². The maximum absolute atomic E-state index is 14.7. The zero-order valence-corrected chi connectivity index (χ0v) is 17.6. The van der Waals surface area contributed by atoms with Gasteiger partial charge in [-0.2, -0.15) is 0 Å². The number of likely N-dealkylation sites (tertiary alicyclic amines) is 1. The number of piperidine rings is 1. The van der Waals surface area contributed by atoms with Crippen LogP contribution in [0.25, 0.3) is 6.08 Å². The summed E-state index contributed by atoms with van der Waals surface area (Å²) in [6.45, 7) is 2.68. The maximum Gasteiger partial charge on any atom is 0.186 e. The first-order valence-corrected chi connectivity index (χ1v) is 11.1. The van der Waals surface area contributed by atoms with Crippen molar-refractivity contribution in [2.45, 2.75) is 37.5 Å². The molecule has 2 fully saturated rings. The first-order valence-electron chi connectivity index (χ1n) is 10.2. The number of benzene rings is 1. The highest BCUT2D eigenvalue weighted by Gasteiger charge is 2.41. The number of hydrogen-bond donors (Lipinski definition) is 0. The third-order valence-electron chi connectivity index (χ3n) is 5.52. The Bertz CT molecular complexity index is 962. The van der Waals surface area contributed by atoms with E-state index in [0.717, 1.165) is 18.4 Å². The second-order valence-electron chi connectivity index (χ2n) is 7.81. The minimum Gasteiger partial charge on any atom is -0.297 e. The Balaban J connectivity index is 1.67. The number of aromatic nitrogens is 2. The Hall–Kier alpha value is -2.38. The smallest absolute Gasteiger partial charge is 0.186 e. The Morgan fingerprint density at radius 1 is 1.23 bits per heavy atom. The second kappa shape index (κ2) is 9.18. The summed E-state index contributed by atoms with van der Waals surface area (Å²) in [5.74, 6) is -0.237. The topological polar surface area (TPSA) is 63.2 Å². The fourth-order valence-corrected chi connectivity index (χ4v) is 4.89. The number of thioether (sulfide) groups is 1. The summed E-state index contributed by atoms with van der Waals surface area (Å²) in [5, 5.41) is 0.0660. The third-order valence-corrected chi connectivity index (χ3v) is 6.67. The fourth-order valence-electron chi connectivity index (χ4n) is 3.97. The van der Waals surface area contributed by atoms with E-state index in [-0.39, 0.29) is 27.9 Å². The molecule has 1 saturated carbocycles. The van der Waals surface area contributed by atoms with Gasteiger partial charge < -0.3 is 0 Å². The Morgan fingerprint density at radius 2 is 2.03 bits per heavy atom. The zero-order chi connectivity index (χ0) is 21.1. The van der Waals surface area contributed by atoms with Crippen molar-refractivity contribution in [3.8, 4) is 0 Å². The predicted octanol–water partition coefficient (Wildman–Crippen LogP) is 4.07. The number of carbonyl (C=O) groups excluding carboxylic acids is 2. The molecule has 4 rings (SSSR count). The lowest BCUT2D eigenvalue weighted by Crippen LogP contribution is -2.43. The van der Waals surface area contributed by atoms with E-state index in [1.54, 1.807) is 43.7 Å². The van der Waals surface area contributed by atoms with Crippen molar-refractivity contribution >= 4 is 28.7 Å². The van der Waals surface area contributed by atoms with Crippen molar-refractivity contribution < 1.29 is 14.0 Å². The largest absolute Gasteiger partial charge is 0.297 e. The van der Waals surface area contributed by atoms with E-state index < -0.39 is 6.04 Å². The van der Waals surface area contributed by atoms with Crippen molar-refractivity contribution in [1.29, 1.82) is 0 Å². The van der Waals surface area contributed by atoms with Crippen molar-refractivity contribution in [1.82, 2.24) is 14.9 Å². The highest BCUT2D eigenvalue weighted by atomic mass is 32.2. The summed E-state index contributed by atoms with van der Waals surface area (Å²) in [4.78, 5) is 35.4. The molecule has 5 nitrogen and oxygen atoms in total. The number of nitrogens with zero attached hydrogens (tertiary/aromatic N) is 3. The third kappa shape index (κ3) is 4.84. The first-order chi connectivity index (χ1) is 14.5. The summed E-state index contributed by atoms with van der Waals surface area (Å²) in [6, 6.07) is 5.94. The monoisotopic (exact) mass is 425 g/mol. The van der Waals surface area contributed by atoms with Crippen LogP contribution in [0.5, 0.6) is 0 Å². The van der Waals surface area contributed by atoms with Crippen molar-refractivity contribution in [3.63, 3.8) is 0 Å². The van der Waals surface area contributed by atoms with E-state index in [0.29, 0.717) is 30.8 Å². The summed E-state index contributed by atoms with van der Waals surface area (Å²) in [7, 11) is 0. The van der Waals surface area contributed by atoms with Crippen LogP contribution in [-0.2, 0) is 9.59 Å². The molecule has 2 heterocycles. The normalized spacial score (nSPS) is 22.1. The lowest BCUT2D eigenvalue weighted by molar-refractivity contribution is -0.126. The average molecular weight is 426 g/mol. The molecule has 2 aliphatic rings. The maximum atomic E-state index is 14.7. The number of halogens is 1. The number of hydrogen-bond acceptors (Lipinski definition) is 6. The van der Waals surface area contributed by atoms with Gasteiger partial charge in [0.05, 0.1) is 17.9 Å². The summed E-state index contributed by atoms with van der Waals surface area (Å²) in [5.41, 5.74) is 2.15. The highest BCUT2D eigenvalue weighted by Crippen LogP contribution is 2.40. The lowest BCUT2D eigenvalue weighted by atomic mass is 9.93. The average Bonchev–Trinajstić information content (AvgIpc) is 3.57. The lowest BCUT2D eigenvalue weighted by Gasteiger charge is -2.38. The minimum atomic E-state index is -0.604. The molecule has 7 heteroatoms. The number of Topliss-reactive ketones (excluding diaryl/α,β-unsaturated/α-hetero) is 1. The molecule has 2 atom stereocenters. The standard InChI is InChI=1S/C23H24FN3O2S/c1-15(28)30-21-8-11-27(14-17(21)12-18-13-25-9-10-26-18)22(23(29)16-6-7-16)19-4-2-3-5-20(19)24/h2-5,9-10,12-13,16,21-22H,6-8,11,14H2,1H3/b17-12+. The number of carbonyl (C=O) groups is 2. The van der Waals surface area contributed by atoms with Crippen LogP contribution in [0, 0.1) is 11.7 Å². The molecule has 0 N–H and O–H groups in total. The number of ketones is 1. The van der Waals surface area contributed by atoms with E-state index in [4.69, 9.17) is 0 Å². The van der Waals surface area contributed by atoms with Gasteiger partial charge in [-0.1, -0.05) is 30.0 Å². The van der Waals surface area contributed by atoms with Gasteiger partial charge in [0.25, 0.3) is 0 Å². The summed E-state index contributed by atoms with van der Waals surface area (Å²) >= 11 is 1.30. The van der Waals surface area contributed by atoms with Gasteiger partial charge in [-0.25, -0.2) is 4.39 Å². The molecule has 1 aliphatic carbocycles. The quantitative estimate of drug-likeness (QED) is 0.695. The summed E-state index contributed by atoms with van der Waals surface area (Å²) < 4.78 is 14.7. The van der Waals surface area contributed by atoms with E-state index >= 15 is 0 Å². The molecular weight excluding hydrogens is 401 g/mol. The van der Waals surface area contributed by atoms with Gasteiger partial charge in [0.2, 0.25) is 0 Å². The second-order valence-corrected chi connectivity index (χ2v) is 9.19. The molecule has 2 aromatic rings. The molecule has 1 aliphatic heterocycles. The molecule has 30 heavy (non-hydrogen) atoms. The molecule has 0 bridgehead atoms. The Morgan fingerprint density at radius 3 is 2.70 bits per heavy atom. The van der Waals surface area contributed by atoms with Gasteiger partial charge in [-0.3, -0.25) is 24.5 Å². The van der Waals surface area contributed by atoms with Gasteiger partial charge in [0, 0.05) is 49.1 Å². The Labute approximate surface area is 179 Å². The van der Waals surface area contributed by atoms with Gasteiger partial charge in [-0.05, 0) is 37.0 Å². The molecule has 2 unspecified atom stereocenters. The van der Waals surface area contributed by atoms with Crippen molar-refractivity contribution in [2.24, 2.45) is 5.92 Å². The Kier molecular flexibility index (Phi) is 6.39. The molecular formula is C23H24FN3O2S. The van der Waals surface area contributed by atoms with E-state index in [9.17, 15) is 14.0 Å². The van der Waals surface area contributed by atoms with Crippen LogP contribution < -0.4 is 0 Å². The zero-order valence-electron chi connectivity index (χ0n) is 16.8. The SMILES string of the molecule is CC(=O)SC1CCN(C(C(=O)C2CC2)c2ccccc2F)C/C1=C\c1cnccn1. The molecule has 1 aromatic heterocycles. The molecule has 1 aromatic carbocycles.